The largest absolute Gasteiger partial charge is 0.356 e. The maximum absolute atomic E-state index is 12.3. The zero-order chi connectivity index (χ0) is 16.7. The van der Waals surface area contributed by atoms with Crippen LogP contribution >= 0.6 is 0 Å². The highest BCUT2D eigenvalue weighted by Crippen LogP contribution is 2.19. The van der Waals surface area contributed by atoms with Gasteiger partial charge in [-0.05, 0) is 58.7 Å². The fraction of sp³-hybridized carbons (Fsp3) is 0.938. The number of sulfonamides is 1. The molecule has 1 N–H and O–H groups in total. The first-order chi connectivity index (χ1) is 11.0. The van der Waals surface area contributed by atoms with Gasteiger partial charge in [-0.25, -0.2) is 12.7 Å². The first kappa shape index (κ1) is 18.7. The number of hydrogen-bond acceptors (Lipinski definition) is 4. The smallest absolute Gasteiger partial charge is 0.224 e. The Morgan fingerprint density at radius 1 is 1.13 bits per heavy atom. The number of nitrogens with zero attached hydrogens (tertiary/aromatic N) is 2. The molecule has 0 saturated carbocycles. The minimum absolute atomic E-state index is 0.0136. The van der Waals surface area contributed by atoms with Crippen molar-refractivity contribution >= 4 is 15.9 Å². The number of nitrogens with one attached hydrogen (secondary N) is 1. The second-order valence-electron chi connectivity index (χ2n) is 6.64. The van der Waals surface area contributed by atoms with Gasteiger partial charge in [-0.3, -0.25) is 4.79 Å². The van der Waals surface area contributed by atoms with E-state index >= 15 is 0 Å². The van der Waals surface area contributed by atoms with E-state index in [2.05, 4.69) is 10.2 Å². The predicted octanol–water partition coefficient (Wildman–Crippen LogP) is 1.04. The maximum Gasteiger partial charge on any atom is 0.224 e. The third kappa shape index (κ3) is 5.72. The third-order valence-corrected chi connectivity index (χ3v) is 6.76. The molecule has 2 heterocycles. The summed E-state index contributed by atoms with van der Waals surface area (Å²) in [5.41, 5.74) is 0. The van der Waals surface area contributed by atoms with Crippen LogP contribution in [0, 0.1) is 5.92 Å². The Morgan fingerprint density at radius 2 is 1.87 bits per heavy atom. The van der Waals surface area contributed by atoms with E-state index in [0.717, 1.165) is 25.8 Å². The van der Waals surface area contributed by atoms with Crippen molar-refractivity contribution in [3.05, 3.63) is 0 Å². The summed E-state index contributed by atoms with van der Waals surface area (Å²) in [6.07, 6.45) is 6.44. The van der Waals surface area contributed by atoms with Crippen molar-refractivity contribution < 1.29 is 13.2 Å². The molecule has 23 heavy (non-hydrogen) atoms. The van der Waals surface area contributed by atoms with Crippen LogP contribution in [0.15, 0.2) is 0 Å². The minimum atomic E-state index is -3.18. The Labute approximate surface area is 140 Å². The van der Waals surface area contributed by atoms with Gasteiger partial charge >= 0.3 is 0 Å². The van der Waals surface area contributed by atoms with E-state index in [1.807, 2.05) is 0 Å². The highest BCUT2D eigenvalue weighted by molar-refractivity contribution is 7.89. The molecule has 2 saturated heterocycles. The lowest BCUT2D eigenvalue weighted by Crippen LogP contribution is -2.46. The SMILES string of the molecule is CCS(=O)(=O)N1CCC[C@@H](C(=O)NCCCN2CCCCC2)C1. The van der Waals surface area contributed by atoms with Crippen LogP contribution in [-0.4, -0.2) is 68.6 Å². The van der Waals surface area contributed by atoms with E-state index in [4.69, 9.17) is 0 Å². The number of amides is 1. The van der Waals surface area contributed by atoms with Gasteiger partial charge in [-0.1, -0.05) is 6.42 Å². The van der Waals surface area contributed by atoms with Crippen LogP contribution in [0.2, 0.25) is 0 Å². The molecule has 1 atom stereocenters. The first-order valence-electron chi connectivity index (χ1n) is 9.01. The molecule has 0 radical (unpaired) electrons. The van der Waals surface area contributed by atoms with Crippen molar-refractivity contribution in [3.8, 4) is 0 Å². The van der Waals surface area contributed by atoms with Gasteiger partial charge in [-0.15, -0.1) is 0 Å². The van der Waals surface area contributed by atoms with Gasteiger partial charge in [0.2, 0.25) is 15.9 Å². The van der Waals surface area contributed by atoms with Crippen LogP contribution in [0.25, 0.3) is 0 Å². The molecule has 0 bridgehead atoms. The van der Waals surface area contributed by atoms with E-state index in [-0.39, 0.29) is 17.6 Å². The lowest BCUT2D eigenvalue weighted by atomic mass is 9.99. The van der Waals surface area contributed by atoms with Gasteiger partial charge in [-0.2, -0.15) is 0 Å². The maximum atomic E-state index is 12.3. The van der Waals surface area contributed by atoms with E-state index in [1.54, 1.807) is 6.92 Å². The van der Waals surface area contributed by atoms with Crippen molar-refractivity contribution in [2.24, 2.45) is 5.92 Å². The molecule has 134 valence electrons. The molecule has 2 aliphatic rings. The Bertz CT molecular complexity index is 475. The van der Waals surface area contributed by atoms with Crippen molar-refractivity contribution in [1.82, 2.24) is 14.5 Å². The Kier molecular flexibility index (Phi) is 7.30. The number of likely N-dealkylation sites (tertiary alicyclic amines) is 1. The minimum Gasteiger partial charge on any atom is -0.356 e. The molecule has 2 rings (SSSR count). The zero-order valence-electron chi connectivity index (χ0n) is 14.3. The predicted molar refractivity (Wildman–Crippen MR) is 91.7 cm³/mol. The Hall–Kier alpha value is -0.660. The van der Waals surface area contributed by atoms with E-state index in [1.165, 1.54) is 36.7 Å². The number of rotatable bonds is 7. The summed E-state index contributed by atoms with van der Waals surface area (Å²) in [5.74, 6) is -0.0725. The van der Waals surface area contributed by atoms with Crippen LogP contribution in [-0.2, 0) is 14.8 Å². The monoisotopic (exact) mass is 345 g/mol. The highest BCUT2D eigenvalue weighted by Gasteiger charge is 2.31. The Balaban J connectivity index is 1.68. The van der Waals surface area contributed by atoms with Crippen LogP contribution in [0.5, 0.6) is 0 Å². The molecular weight excluding hydrogens is 314 g/mol. The second-order valence-corrected chi connectivity index (χ2v) is 8.90. The van der Waals surface area contributed by atoms with Crippen molar-refractivity contribution in [2.45, 2.75) is 45.4 Å². The summed E-state index contributed by atoms with van der Waals surface area (Å²) in [6.45, 7) is 6.64. The molecule has 0 aromatic rings. The summed E-state index contributed by atoms with van der Waals surface area (Å²) in [4.78, 5) is 14.7. The van der Waals surface area contributed by atoms with Crippen molar-refractivity contribution in [1.29, 1.82) is 0 Å². The van der Waals surface area contributed by atoms with Gasteiger partial charge in [0.15, 0.2) is 0 Å². The average molecular weight is 346 g/mol. The number of carbonyl (C=O) groups is 1. The topological polar surface area (TPSA) is 69.7 Å². The second kappa shape index (κ2) is 8.99. The summed E-state index contributed by atoms with van der Waals surface area (Å²) in [6, 6.07) is 0. The molecule has 6 nitrogen and oxygen atoms in total. The van der Waals surface area contributed by atoms with Gasteiger partial charge in [0, 0.05) is 19.6 Å². The average Bonchev–Trinajstić information content (AvgIpc) is 2.59. The van der Waals surface area contributed by atoms with Crippen molar-refractivity contribution in [2.75, 3.05) is 45.0 Å². The van der Waals surface area contributed by atoms with Crippen LogP contribution in [0.4, 0.5) is 0 Å². The quantitative estimate of drug-likeness (QED) is 0.700. The fourth-order valence-electron chi connectivity index (χ4n) is 3.43. The number of piperidine rings is 2. The normalized spacial score (nSPS) is 24.5. The van der Waals surface area contributed by atoms with E-state index in [0.29, 0.717) is 19.6 Å². The molecule has 0 aliphatic carbocycles. The van der Waals surface area contributed by atoms with Gasteiger partial charge in [0.25, 0.3) is 0 Å². The summed E-state index contributed by atoms with van der Waals surface area (Å²) < 4.78 is 25.4. The van der Waals surface area contributed by atoms with E-state index < -0.39 is 10.0 Å². The van der Waals surface area contributed by atoms with Gasteiger partial charge in [0.05, 0.1) is 11.7 Å². The molecule has 0 spiro atoms. The molecule has 0 aromatic carbocycles. The first-order valence-corrected chi connectivity index (χ1v) is 10.6. The lowest BCUT2D eigenvalue weighted by Gasteiger charge is -2.31. The summed E-state index contributed by atoms with van der Waals surface area (Å²) in [5, 5.41) is 2.99. The molecule has 0 unspecified atom stereocenters. The molecule has 1 amide bonds. The number of carbonyl (C=O) groups excluding carboxylic acids is 1. The molecule has 2 aliphatic heterocycles. The molecular formula is C16H31N3O3S. The Morgan fingerprint density at radius 3 is 2.57 bits per heavy atom. The standard InChI is InChI=1S/C16H31N3O3S/c1-2-23(21,22)19-13-6-8-15(14-19)16(20)17-9-7-12-18-10-4-3-5-11-18/h15H,2-14H2,1H3,(H,17,20)/t15-/m1/s1. The molecule has 2 fully saturated rings. The molecule has 7 heteroatoms. The third-order valence-electron chi connectivity index (χ3n) is 4.91. The van der Waals surface area contributed by atoms with Crippen LogP contribution in [0.1, 0.15) is 45.4 Å². The van der Waals surface area contributed by atoms with Gasteiger partial charge in [0.1, 0.15) is 0 Å². The van der Waals surface area contributed by atoms with E-state index in [9.17, 15) is 13.2 Å². The summed E-state index contributed by atoms with van der Waals surface area (Å²) in [7, 11) is -3.18. The summed E-state index contributed by atoms with van der Waals surface area (Å²) >= 11 is 0. The lowest BCUT2D eigenvalue weighted by molar-refractivity contribution is -0.126. The fourth-order valence-corrected chi connectivity index (χ4v) is 4.61. The van der Waals surface area contributed by atoms with Crippen LogP contribution in [0.3, 0.4) is 0 Å². The van der Waals surface area contributed by atoms with Crippen LogP contribution < -0.4 is 5.32 Å². The van der Waals surface area contributed by atoms with Crippen molar-refractivity contribution in [3.63, 3.8) is 0 Å². The number of hydrogen-bond donors (Lipinski definition) is 1. The zero-order valence-corrected chi connectivity index (χ0v) is 15.1. The van der Waals surface area contributed by atoms with Gasteiger partial charge < -0.3 is 10.2 Å². The molecule has 0 aromatic heterocycles. The highest BCUT2D eigenvalue weighted by atomic mass is 32.2.